The molecule has 0 saturated carbocycles. The van der Waals surface area contributed by atoms with Gasteiger partial charge in [0.2, 0.25) is 0 Å². The minimum absolute atomic E-state index is 0.116. The van der Waals surface area contributed by atoms with Crippen LogP contribution in [0, 0.1) is 6.92 Å². The Morgan fingerprint density at radius 3 is 2.21 bits per heavy atom. The molecular weight excluding hydrogens is 352 g/mol. The van der Waals surface area contributed by atoms with Crippen molar-refractivity contribution in [1.29, 1.82) is 0 Å². The monoisotopic (exact) mass is 374 g/mol. The first-order valence-corrected chi connectivity index (χ1v) is 8.97. The molecule has 0 spiro atoms. The van der Waals surface area contributed by atoms with E-state index >= 15 is 0 Å². The Morgan fingerprint density at radius 2 is 1.54 bits per heavy atom. The van der Waals surface area contributed by atoms with Crippen LogP contribution in [0.25, 0.3) is 0 Å². The summed E-state index contributed by atoms with van der Waals surface area (Å²) >= 11 is 0. The lowest BCUT2D eigenvalue weighted by Crippen LogP contribution is -2.24. The number of benzene rings is 3. The number of ether oxygens (including phenoxy) is 2. The first-order valence-electron chi connectivity index (χ1n) is 8.97. The van der Waals surface area contributed by atoms with E-state index in [2.05, 4.69) is 10.5 Å². The predicted molar refractivity (Wildman–Crippen MR) is 110 cm³/mol. The van der Waals surface area contributed by atoms with Crippen molar-refractivity contribution >= 4 is 12.1 Å². The summed E-state index contributed by atoms with van der Waals surface area (Å²) in [5.41, 5.74) is 5.64. The zero-order chi connectivity index (χ0) is 19.6. The zero-order valence-electron chi connectivity index (χ0n) is 15.7. The molecule has 0 fully saturated rings. The van der Waals surface area contributed by atoms with E-state index < -0.39 is 0 Å². The summed E-state index contributed by atoms with van der Waals surface area (Å²) < 4.78 is 11.2. The van der Waals surface area contributed by atoms with E-state index in [4.69, 9.17) is 9.47 Å². The molecule has 0 heterocycles. The van der Waals surface area contributed by atoms with Crippen LogP contribution in [0.3, 0.4) is 0 Å². The number of amides is 1. The molecule has 28 heavy (non-hydrogen) atoms. The molecule has 0 bridgehead atoms. The molecule has 0 aliphatic carbocycles. The Hall–Kier alpha value is -3.60. The molecule has 1 N–H and O–H groups in total. The van der Waals surface area contributed by atoms with Crippen molar-refractivity contribution in [2.75, 3.05) is 6.61 Å². The van der Waals surface area contributed by atoms with Crippen molar-refractivity contribution < 1.29 is 14.3 Å². The van der Waals surface area contributed by atoms with E-state index in [1.165, 1.54) is 5.56 Å². The van der Waals surface area contributed by atoms with Gasteiger partial charge in [-0.15, -0.1) is 0 Å². The third-order valence-electron chi connectivity index (χ3n) is 3.92. The summed E-state index contributed by atoms with van der Waals surface area (Å²) in [6, 6.07) is 24.9. The molecule has 0 aliphatic rings. The minimum atomic E-state index is -0.326. The van der Waals surface area contributed by atoms with Crippen LogP contribution in [0.2, 0.25) is 0 Å². The van der Waals surface area contributed by atoms with E-state index in [1.54, 1.807) is 18.3 Å². The average molecular weight is 374 g/mol. The maximum absolute atomic E-state index is 11.8. The first kappa shape index (κ1) is 19.2. The molecule has 0 aromatic heterocycles. The fraction of sp³-hybridized carbons (Fsp3) is 0.130. The molecular formula is C23H22N2O3. The van der Waals surface area contributed by atoms with Gasteiger partial charge in [0.1, 0.15) is 18.1 Å². The molecule has 0 aliphatic heterocycles. The van der Waals surface area contributed by atoms with Gasteiger partial charge in [0, 0.05) is 0 Å². The van der Waals surface area contributed by atoms with Gasteiger partial charge in [-0.1, -0.05) is 60.2 Å². The van der Waals surface area contributed by atoms with E-state index in [9.17, 15) is 4.79 Å². The standard InChI is InChI=1S/C23H22N2O3/c1-18-7-9-19(10-8-18)15-24-25-23(26)17-28-22-13-11-21(12-14-22)27-16-20-5-3-2-4-6-20/h2-15H,16-17H2,1H3,(H,25,26)/b24-15-. The van der Waals surface area contributed by atoms with E-state index in [0.717, 1.165) is 16.9 Å². The highest BCUT2D eigenvalue weighted by atomic mass is 16.5. The van der Waals surface area contributed by atoms with Crippen molar-refractivity contribution in [3.63, 3.8) is 0 Å². The van der Waals surface area contributed by atoms with Gasteiger partial charge in [-0.2, -0.15) is 5.10 Å². The van der Waals surface area contributed by atoms with Crippen LogP contribution in [0.4, 0.5) is 0 Å². The van der Waals surface area contributed by atoms with Gasteiger partial charge in [0.15, 0.2) is 6.61 Å². The lowest BCUT2D eigenvalue weighted by Gasteiger charge is -2.08. The predicted octanol–water partition coefficient (Wildman–Crippen LogP) is 4.10. The number of nitrogens with one attached hydrogen (secondary N) is 1. The Kier molecular flexibility index (Phi) is 6.79. The second-order valence-corrected chi connectivity index (χ2v) is 6.24. The smallest absolute Gasteiger partial charge is 0.277 e. The maximum atomic E-state index is 11.8. The number of hydrogen-bond acceptors (Lipinski definition) is 4. The van der Waals surface area contributed by atoms with Crippen molar-refractivity contribution in [2.45, 2.75) is 13.5 Å². The SMILES string of the molecule is Cc1ccc(/C=N\NC(=O)COc2ccc(OCc3ccccc3)cc2)cc1. The molecule has 5 heteroatoms. The Labute approximate surface area is 164 Å². The molecule has 3 aromatic carbocycles. The van der Waals surface area contributed by atoms with Gasteiger partial charge in [0.25, 0.3) is 5.91 Å². The van der Waals surface area contributed by atoms with E-state index in [-0.39, 0.29) is 12.5 Å². The van der Waals surface area contributed by atoms with Gasteiger partial charge in [-0.25, -0.2) is 5.43 Å². The number of carbonyl (C=O) groups is 1. The second kappa shape index (κ2) is 9.92. The first-order chi connectivity index (χ1) is 13.7. The molecule has 5 nitrogen and oxygen atoms in total. The van der Waals surface area contributed by atoms with Gasteiger partial charge in [0.05, 0.1) is 6.21 Å². The molecule has 1 amide bonds. The van der Waals surface area contributed by atoms with Crippen molar-refractivity contribution in [1.82, 2.24) is 5.43 Å². The van der Waals surface area contributed by atoms with Crippen molar-refractivity contribution in [2.24, 2.45) is 5.10 Å². The quantitative estimate of drug-likeness (QED) is 0.477. The molecule has 0 radical (unpaired) electrons. The molecule has 0 unspecified atom stereocenters. The second-order valence-electron chi connectivity index (χ2n) is 6.24. The van der Waals surface area contributed by atoms with Gasteiger partial charge in [-0.05, 0) is 42.3 Å². The van der Waals surface area contributed by atoms with Gasteiger partial charge < -0.3 is 9.47 Å². The van der Waals surface area contributed by atoms with Gasteiger partial charge >= 0.3 is 0 Å². The number of nitrogens with zero attached hydrogens (tertiary/aromatic N) is 1. The van der Waals surface area contributed by atoms with Crippen molar-refractivity contribution in [3.05, 3.63) is 95.6 Å². The number of carbonyl (C=O) groups excluding carboxylic acids is 1. The highest BCUT2D eigenvalue weighted by Gasteiger charge is 2.02. The Bertz CT molecular complexity index is 905. The van der Waals surface area contributed by atoms with E-state index in [1.807, 2.05) is 73.7 Å². The summed E-state index contributed by atoms with van der Waals surface area (Å²) in [5.74, 6) is 1.00. The zero-order valence-corrected chi connectivity index (χ0v) is 15.7. The van der Waals surface area contributed by atoms with Crippen LogP contribution in [0.1, 0.15) is 16.7 Å². The Balaban J connectivity index is 1.40. The minimum Gasteiger partial charge on any atom is -0.489 e. The molecule has 0 saturated heterocycles. The van der Waals surface area contributed by atoms with Crippen LogP contribution in [0.5, 0.6) is 11.5 Å². The van der Waals surface area contributed by atoms with Crippen molar-refractivity contribution in [3.8, 4) is 11.5 Å². The van der Waals surface area contributed by atoms with Crippen LogP contribution in [-0.2, 0) is 11.4 Å². The fourth-order valence-electron chi connectivity index (χ4n) is 2.39. The Morgan fingerprint density at radius 1 is 0.893 bits per heavy atom. The highest BCUT2D eigenvalue weighted by molar-refractivity contribution is 5.82. The molecule has 3 rings (SSSR count). The molecule has 0 atom stereocenters. The molecule has 142 valence electrons. The van der Waals surface area contributed by atoms with Crippen LogP contribution < -0.4 is 14.9 Å². The third kappa shape index (κ3) is 6.29. The third-order valence-corrected chi connectivity index (χ3v) is 3.92. The topological polar surface area (TPSA) is 59.9 Å². The van der Waals surface area contributed by atoms with E-state index in [0.29, 0.717) is 12.4 Å². The highest BCUT2D eigenvalue weighted by Crippen LogP contribution is 2.18. The summed E-state index contributed by atoms with van der Waals surface area (Å²) in [6.45, 7) is 2.40. The molecule has 3 aromatic rings. The summed E-state index contributed by atoms with van der Waals surface area (Å²) in [5, 5.41) is 3.93. The largest absolute Gasteiger partial charge is 0.489 e. The van der Waals surface area contributed by atoms with Gasteiger partial charge in [-0.3, -0.25) is 4.79 Å². The fourth-order valence-corrected chi connectivity index (χ4v) is 2.39. The number of hydrogen-bond donors (Lipinski definition) is 1. The van der Waals surface area contributed by atoms with Crippen LogP contribution in [0.15, 0.2) is 84.0 Å². The average Bonchev–Trinajstić information content (AvgIpc) is 2.74. The number of aryl methyl sites for hydroxylation is 1. The summed E-state index contributed by atoms with van der Waals surface area (Å²) in [7, 11) is 0. The lowest BCUT2D eigenvalue weighted by atomic mass is 10.2. The van der Waals surface area contributed by atoms with Crippen LogP contribution >= 0.6 is 0 Å². The van der Waals surface area contributed by atoms with Crippen LogP contribution in [-0.4, -0.2) is 18.7 Å². The number of hydrazone groups is 1. The maximum Gasteiger partial charge on any atom is 0.277 e. The number of rotatable bonds is 8. The lowest BCUT2D eigenvalue weighted by molar-refractivity contribution is -0.123. The normalized spacial score (nSPS) is 10.6. The summed E-state index contributed by atoms with van der Waals surface area (Å²) in [4.78, 5) is 11.8. The summed E-state index contributed by atoms with van der Waals surface area (Å²) in [6.07, 6.45) is 1.59.